The van der Waals surface area contributed by atoms with E-state index in [0.29, 0.717) is 10.8 Å². The molecular weight excluding hydrogens is 290 g/mol. The van der Waals surface area contributed by atoms with Gasteiger partial charge in [0.25, 0.3) is 0 Å². The van der Waals surface area contributed by atoms with Crippen LogP contribution in [0.3, 0.4) is 0 Å². The number of aromatic nitrogens is 5. The first-order chi connectivity index (χ1) is 10.0. The minimum atomic E-state index is -0.881. The van der Waals surface area contributed by atoms with Crippen molar-refractivity contribution in [1.29, 1.82) is 0 Å². The lowest BCUT2D eigenvalue weighted by atomic mass is 10.3. The third-order valence-electron chi connectivity index (χ3n) is 2.89. The maximum absolute atomic E-state index is 10.8. The first-order valence-corrected chi connectivity index (χ1v) is 7.23. The molecule has 0 saturated carbocycles. The van der Waals surface area contributed by atoms with Gasteiger partial charge in [-0.25, -0.2) is 9.97 Å². The number of imidazole rings is 1. The Kier molecular flexibility index (Phi) is 3.38. The molecule has 8 heteroatoms. The van der Waals surface area contributed by atoms with Gasteiger partial charge in [-0.05, 0) is 19.1 Å². The smallest absolute Gasteiger partial charge is 0.313 e. The fourth-order valence-corrected chi connectivity index (χ4v) is 2.75. The van der Waals surface area contributed by atoms with E-state index in [1.165, 1.54) is 11.8 Å². The Morgan fingerprint density at radius 2 is 2.19 bits per heavy atom. The number of pyridine rings is 1. The van der Waals surface area contributed by atoms with Gasteiger partial charge in [0.05, 0.1) is 17.6 Å². The number of nitrogens with zero attached hydrogens (tertiary/aromatic N) is 5. The van der Waals surface area contributed by atoms with Crippen LogP contribution in [0.15, 0.2) is 29.7 Å². The summed E-state index contributed by atoms with van der Waals surface area (Å²) in [7, 11) is 1.82. The van der Waals surface area contributed by atoms with Gasteiger partial charge in [0.2, 0.25) is 0 Å². The molecule has 7 nitrogen and oxygen atoms in total. The van der Waals surface area contributed by atoms with Crippen LogP contribution in [0.25, 0.3) is 16.9 Å². The Hall–Kier alpha value is -2.35. The van der Waals surface area contributed by atoms with Crippen molar-refractivity contribution in [3.05, 3.63) is 30.2 Å². The number of aliphatic carboxylic acids is 1. The number of fused-ring (bicyclic) bond motifs is 1. The molecule has 108 valence electrons. The standard InChI is InChI=1S/C13H13N5O2S/c1-8-3-4-10-12(15-8)18(9-5-14-17(2)6-9)13(16-10)21-7-11(19)20/h3-6H,7H2,1-2H3,(H,19,20). The third kappa shape index (κ3) is 2.62. The Morgan fingerprint density at radius 3 is 2.86 bits per heavy atom. The van der Waals surface area contributed by atoms with Crippen LogP contribution in [0.4, 0.5) is 0 Å². The molecule has 0 saturated heterocycles. The molecular formula is C13H13N5O2S. The predicted octanol–water partition coefficient (Wildman–Crippen LogP) is 1.64. The van der Waals surface area contributed by atoms with Crippen LogP contribution in [0.5, 0.6) is 0 Å². The van der Waals surface area contributed by atoms with Crippen LogP contribution in [0.2, 0.25) is 0 Å². The molecule has 0 spiro atoms. The number of aryl methyl sites for hydroxylation is 2. The van der Waals surface area contributed by atoms with E-state index in [1.807, 2.05) is 36.9 Å². The van der Waals surface area contributed by atoms with E-state index in [0.717, 1.165) is 16.9 Å². The molecule has 3 aromatic rings. The van der Waals surface area contributed by atoms with Gasteiger partial charge >= 0.3 is 5.97 Å². The molecule has 0 bridgehead atoms. The highest BCUT2D eigenvalue weighted by Crippen LogP contribution is 2.26. The number of carbonyl (C=O) groups is 1. The number of carboxylic acid groups (broad SMARTS) is 1. The average molecular weight is 303 g/mol. The van der Waals surface area contributed by atoms with E-state index >= 15 is 0 Å². The van der Waals surface area contributed by atoms with Crippen molar-refractivity contribution in [2.45, 2.75) is 12.1 Å². The summed E-state index contributed by atoms with van der Waals surface area (Å²) >= 11 is 1.17. The molecule has 0 aromatic carbocycles. The van der Waals surface area contributed by atoms with Crippen LogP contribution >= 0.6 is 11.8 Å². The van der Waals surface area contributed by atoms with Crippen LogP contribution < -0.4 is 0 Å². The molecule has 0 aliphatic carbocycles. The van der Waals surface area contributed by atoms with E-state index in [-0.39, 0.29) is 5.75 Å². The SMILES string of the molecule is Cc1ccc2nc(SCC(=O)O)n(-c3cnn(C)c3)c2n1. The van der Waals surface area contributed by atoms with Gasteiger partial charge in [0, 0.05) is 18.9 Å². The molecule has 0 amide bonds. The normalized spacial score (nSPS) is 11.1. The minimum absolute atomic E-state index is 0.0530. The highest BCUT2D eigenvalue weighted by atomic mass is 32.2. The lowest BCUT2D eigenvalue weighted by molar-refractivity contribution is -0.133. The molecule has 3 aromatic heterocycles. The second-order valence-corrected chi connectivity index (χ2v) is 5.52. The zero-order valence-electron chi connectivity index (χ0n) is 11.5. The predicted molar refractivity (Wildman–Crippen MR) is 78.7 cm³/mol. The molecule has 0 aliphatic heterocycles. The van der Waals surface area contributed by atoms with Gasteiger partial charge in [-0.3, -0.25) is 14.0 Å². The highest BCUT2D eigenvalue weighted by molar-refractivity contribution is 7.99. The summed E-state index contributed by atoms with van der Waals surface area (Å²) in [4.78, 5) is 19.8. The zero-order valence-corrected chi connectivity index (χ0v) is 12.3. The topological polar surface area (TPSA) is 85.8 Å². The van der Waals surface area contributed by atoms with Crippen molar-refractivity contribution in [3.8, 4) is 5.69 Å². The quantitative estimate of drug-likeness (QED) is 0.737. The maximum atomic E-state index is 10.8. The molecule has 0 radical (unpaired) electrons. The monoisotopic (exact) mass is 303 g/mol. The molecule has 0 aliphatic rings. The largest absolute Gasteiger partial charge is 0.481 e. The van der Waals surface area contributed by atoms with Gasteiger partial charge in [-0.2, -0.15) is 5.10 Å². The zero-order chi connectivity index (χ0) is 15.0. The summed E-state index contributed by atoms with van der Waals surface area (Å²) in [6, 6.07) is 3.77. The molecule has 0 atom stereocenters. The van der Waals surface area contributed by atoms with E-state index in [1.54, 1.807) is 10.9 Å². The number of rotatable bonds is 4. The summed E-state index contributed by atoms with van der Waals surface area (Å²) in [6.07, 6.45) is 3.55. The molecule has 1 N–H and O–H groups in total. The summed E-state index contributed by atoms with van der Waals surface area (Å²) in [5.74, 6) is -0.934. The number of thioether (sulfide) groups is 1. The molecule has 0 fully saturated rings. The van der Waals surface area contributed by atoms with E-state index < -0.39 is 5.97 Å². The number of hydrogen-bond acceptors (Lipinski definition) is 5. The third-order valence-corrected chi connectivity index (χ3v) is 3.81. The second kappa shape index (κ2) is 5.21. The van der Waals surface area contributed by atoms with Gasteiger partial charge in [-0.1, -0.05) is 11.8 Å². The van der Waals surface area contributed by atoms with Crippen LogP contribution in [0.1, 0.15) is 5.69 Å². The van der Waals surface area contributed by atoms with Gasteiger partial charge in [-0.15, -0.1) is 0 Å². The van der Waals surface area contributed by atoms with Crippen molar-refractivity contribution in [2.24, 2.45) is 7.05 Å². The maximum Gasteiger partial charge on any atom is 0.313 e. The first kappa shape index (κ1) is 13.6. The average Bonchev–Trinajstić information content (AvgIpc) is 2.99. The van der Waals surface area contributed by atoms with Crippen LogP contribution in [0, 0.1) is 6.92 Å². The van der Waals surface area contributed by atoms with Crippen molar-refractivity contribution in [2.75, 3.05) is 5.75 Å². The summed E-state index contributed by atoms with van der Waals surface area (Å²) in [6.45, 7) is 1.91. The summed E-state index contributed by atoms with van der Waals surface area (Å²) in [5, 5.41) is 13.6. The van der Waals surface area contributed by atoms with Crippen molar-refractivity contribution in [1.82, 2.24) is 24.3 Å². The Labute approximate surface area is 124 Å². The van der Waals surface area contributed by atoms with Gasteiger partial charge in [0.15, 0.2) is 10.8 Å². The van der Waals surface area contributed by atoms with E-state index in [9.17, 15) is 4.79 Å². The fourth-order valence-electron chi connectivity index (χ4n) is 2.01. The highest BCUT2D eigenvalue weighted by Gasteiger charge is 2.16. The lowest BCUT2D eigenvalue weighted by Gasteiger charge is -2.04. The second-order valence-electron chi connectivity index (χ2n) is 4.58. The Balaban J connectivity index is 2.18. The van der Waals surface area contributed by atoms with E-state index in [4.69, 9.17) is 5.11 Å². The fraction of sp³-hybridized carbons (Fsp3) is 0.231. The molecule has 3 rings (SSSR count). The number of carboxylic acids is 1. The lowest BCUT2D eigenvalue weighted by Crippen LogP contribution is -2.02. The first-order valence-electron chi connectivity index (χ1n) is 6.24. The molecule has 21 heavy (non-hydrogen) atoms. The summed E-state index contributed by atoms with van der Waals surface area (Å²) < 4.78 is 3.52. The summed E-state index contributed by atoms with van der Waals surface area (Å²) in [5.41, 5.74) is 3.13. The van der Waals surface area contributed by atoms with Crippen LogP contribution in [-0.2, 0) is 11.8 Å². The molecule has 3 heterocycles. The Morgan fingerprint density at radius 1 is 1.38 bits per heavy atom. The Bertz CT molecular complexity index is 823. The van der Waals surface area contributed by atoms with Crippen molar-refractivity contribution in [3.63, 3.8) is 0 Å². The molecule has 0 unspecified atom stereocenters. The minimum Gasteiger partial charge on any atom is -0.481 e. The van der Waals surface area contributed by atoms with Crippen molar-refractivity contribution >= 4 is 28.9 Å². The number of hydrogen-bond donors (Lipinski definition) is 1. The van der Waals surface area contributed by atoms with Gasteiger partial charge < -0.3 is 5.11 Å². The van der Waals surface area contributed by atoms with Gasteiger partial charge in [0.1, 0.15) is 5.52 Å². The van der Waals surface area contributed by atoms with E-state index in [2.05, 4.69) is 15.1 Å². The van der Waals surface area contributed by atoms with Crippen LogP contribution in [-0.4, -0.2) is 41.1 Å². The van der Waals surface area contributed by atoms with Crippen molar-refractivity contribution < 1.29 is 9.90 Å².